The average molecular weight is 257 g/mol. The van der Waals surface area contributed by atoms with Gasteiger partial charge in [-0.2, -0.15) is 15.5 Å². The quantitative estimate of drug-likeness (QED) is 0.865. The summed E-state index contributed by atoms with van der Waals surface area (Å²) in [6.45, 7) is 5.10. The number of aromatic nitrogens is 4. The van der Waals surface area contributed by atoms with Gasteiger partial charge in [-0.15, -0.1) is 5.10 Å². The largest absolute Gasteiger partial charge is 0.478 e. The molecule has 0 aromatic carbocycles. The second-order valence-corrected chi connectivity index (χ2v) is 4.10. The average Bonchev–Trinajstić information content (AvgIpc) is 2.74. The summed E-state index contributed by atoms with van der Waals surface area (Å²) in [5.74, 6) is -0.833. The van der Waals surface area contributed by atoms with Crippen molar-refractivity contribution in [2.45, 2.75) is 20.8 Å². The van der Waals surface area contributed by atoms with Gasteiger partial charge < -0.3 is 5.11 Å². The first-order chi connectivity index (χ1) is 8.95. The van der Waals surface area contributed by atoms with E-state index in [4.69, 9.17) is 5.11 Å². The second kappa shape index (κ2) is 4.49. The van der Waals surface area contributed by atoms with Gasteiger partial charge in [0, 0.05) is 6.20 Å². The maximum absolute atomic E-state index is 11.0. The van der Waals surface area contributed by atoms with Crippen LogP contribution in [0.15, 0.2) is 6.20 Å². The topological polar surface area (TPSA) is 105 Å². The lowest BCUT2D eigenvalue weighted by atomic mass is 10.1. The molecule has 2 rings (SSSR count). The molecule has 0 aliphatic rings. The van der Waals surface area contributed by atoms with Crippen LogP contribution in [-0.2, 0) is 0 Å². The number of carboxylic acid groups (broad SMARTS) is 1. The van der Waals surface area contributed by atoms with Gasteiger partial charge in [0.1, 0.15) is 17.2 Å². The maximum atomic E-state index is 11.0. The minimum Gasteiger partial charge on any atom is -0.478 e. The molecule has 19 heavy (non-hydrogen) atoms. The van der Waals surface area contributed by atoms with E-state index in [1.54, 1.807) is 20.8 Å². The fourth-order valence-corrected chi connectivity index (χ4v) is 1.67. The number of nitriles is 1. The summed E-state index contributed by atoms with van der Waals surface area (Å²) < 4.78 is 1.27. The van der Waals surface area contributed by atoms with Crippen molar-refractivity contribution in [3.05, 3.63) is 34.3 Å². The molecule has 0 spiro atoms. The lowest BCUT2D eigenvalue weighted by Gasteiger charge is -2.06. The van der Waals surface area contributed by atoms with Crippen molar-refractivity contribution < 1.29 is 9.90 Å². The van der Waals surface area contributed by atoms with Crippen molar-refractivity contribution in [3.8, 4) is 11.9 Å². The predicted octanol–water partition coefficient (Wildman–Crippen LogP) is 1.16. The predicted molar refractivity (Wildman–Crippen MR) is 65.0 cm³/mol. The number of carboxylic acids is 1. The molecule has 0 saturated carbocycles. The number of rotatable bonds is 2. The van der Waals surface area contributed by atoms with Crippen molar-refractivity contribution in [2.24, 2.45) is 0 Å². The Bertz CT molecular complexity index is 712. The highest BCUT2D eigenvalue weighted by Crippen LogP contribution is 2.17. The first kappa shape index (κ1) is 12.7. The van der Waals surface area contributed by atoms with Gasteiger partial charge in [0.25, 0.3) is 0 Å². The van der Waals surface area contributed by atoms with E-state index < -0.39 is 5.97 Å². The molecule has 0 saturated heterocycles. The summed E-state index contributed by atoms with van der Waals surface area (Å²) in [6.07, 6.45) is 1.33. The highest BCUT2D eigenvalue weighted by Gasteiger charge is 2.17. The maximum Gasteiger partial charge on any atom is 0.339 e. The summed E-state index contributed by atoms with van der Waals surface area (Å²) in [7, 11) is 0. The third kappa shape index (κ3) is 2.04. The minimum atomic E-state index is -1.07. The Morgan fingerprint density at radius 2 is 2.00 bits per heavy atom. The summed E-state index contributed by atoms with van der Waals surface area (Å²) in [5, 5.41) is 30.1. The monoisotopic (exact) mass is 257 g/mol. The lowest BCUT2D eigenvalue weighted by molar-refractivity contribution is 0.0696. The van der Waals surface area contributed by atoms with Crippen molar-refractivity contribution in [3.63, 3.8) is 0 Å². The van der Waals surface area contributed by atoms with Crippen LogP contribution in [0.3, 0.4) is 0 Å². The van der Waals surface area contributed by atoms with Crippen LogP contribution in [0, 0.1) is 32.1 Å². The van der Waals surface area contributed by atoms with E-state index in [9.17, 15) is 10.1 Å². The zero-order chi connectivity index (χ0) is 14.2. The molecular formula is C12H11N5O2. The number of aryl methyl sites for hydroxylation is 2. The van der Waals surface area contributed by atoms with Crippen LogP contribution in [-0.4, -0.2) is 31.1 Å². The molecule has 2 aromatic rings. The molecule has 0 unspecified atom stereocenters. The smallest absolute Gasteiger partial charge is 0.339 e. The Balaban J connectivity index is 2.67. The summed E-state index contributed by atoms with van der Waals surface area (Å²) in [6, 6.07) is 2.05. The number of hydrogen-bond donors (Lipinski definition) is 1. The molecule has 96 valence electrons. The van der Waals surface area contributed by atoms with Crippen molar-refractivity contribution in [2.75, 3.05) is 0 Å². The molecule has 0 amide bonds. The zero-order valence-corrected chi connectivity index (χ0v) is 10.7. The van der Waals surface area contributed by atoms with Gasteiger partial charge in [0.05, 0.1) is 11.4 Å². The Labute approximate surface area is 109 Å². The van der Waals surface area contributed by atoms with E-state index in [1.807, 2.05) is 0 Å². The molecule has 0 bridgehead atoms. The van der Waals surface area contributed by atoms with Gasteiger partial charge in [-0.05, 0) is 26.3 Å². The molecule has 0 radical (unpaired) electrons. The minimum absolute atomic E-state index is 0.0731. The van der Waals surface area contributed by atoms with Gasteiger partial charge >= 0.3 is 5.97 Å². The van der Waals surface area contributed by atoms with Crippen LogP contribution >= 0.6 is 0 Å². The Hall–Kier alpha value is -2.75. The van der Waals surface area contributed by atoms with Crippen molar-refractivity contribution in [1.82, 2.24) is 20.0 Å². The van der Waals surface area contributed by atoms with Crippen LogP contribution in [0.1, 0.15) is 32.9 Å². The summed E-state index contributed by atoms with van der Waals surface area (Å²) >= 11 is 0. The second-order valence-electron chi connectivity index (χ2n) is 4.10. The number of aromatic carboxylic acids is 1. The molecule has 0 fully saturated rings. The molecule has 1 N–H and O–H groups in total. The molecule has 7 nitrogen and oxygen atoms in total. The number of hydrogen-bond acceptors (Lipinski definition) is 5. The van der Waals surface area contributed by atoms with Crippen molar-refractivity contribution in [1.29, 1.82) is 5.26 Å². The number of carbonyl (C=O) groups is 1. The first-order valence-corrected chi connectivity index (χ1v) is 5.49. The Kier molecular flexibility index (Phi) is 3.00. The van der Waals surface area contributed by atoms with E-state index in [2.05, 4.69) is 21.4 Å². The molecular weight excluding hydrogens is 246 g/mol. The fraction of sp³-hybridized carbons (Fsp3) is 0.250. The third-order valence-electron chi connectivity index (χ3n) is 2.89. The SMILES string of the molecule is Cc1nn(-c2nnc(C)c(C)c2C#N)cc1C(=O)O. The first-order valence-electron chi connectivity index (χ1n) is 5.49. The van der Waals surface area contributed by atoms with E-state index >= 15 is 0 Å². The van der Waals surface area contributed by atoms with Gasteiger partial charge in [0.2, 0.25) is 0 Å². The highest BCUT2D eigenvalue weighted by molar-refractivity contribution is 5.88. The van der Waals surface area contributed by atoms with Crippen LogP contribution < -0.4 is 0 Å². The normalized spacial score (nSPS) is 10.2. The van der Waals surface area contributed by atoms with Crippen LogP contribution in [0.25, 0.3) is 5.82 Å². The molecule has 7 heteroatoms. The third-order valence-corrected chi connectivity index (χ3v) is 2.89. The number of nitrogens with zero attached hydrogens (tertiary/aromatic N) is 5. The van der Waals surface area contributed by atoms with Crippen LogP contribution in [0.2, 0.25) is 0 Å². The van der Waals surface area contributed by atoms with Gasteiger partial charge in [-0.1, -0.05) is 0 Å². The zero-order valence-electron chi connectivity index (χ0n) is 10.7. The molecule has 0 aliphatic carbocycles. The van der Waals surface area contributed by atoms with Crippen LogP contribution in [0.4, 0.5) is 0 Å². The van der Waals surface area contributed by atoms with E-state index in [0.29, 0.717) is 22.5 Å². The molecule has 0 aliphatic heterocycles. The van der Waals surface area contributed by atoms with E-state index in [-0.39, 0.29) is 11.4 Å². The summed E-state index contributed by atoms with van der Waals surface area (Å²) in [4.78, 5) is 11.0. The van der Waals surface area contributed by atoms with Gasteiger partial charge in [-0.25, -0.2) is 9.48 Å². The van der Waals surface area contributed by atoms with E-state index in [0.717, 1.165) is 0 Å². The summed E-state index contributed by atoms with van der Waals surface area (Å²) in [5.41, 5.74) is 2.13. The standard InChI is InChI=1S/C12H11N5O2/c1-6-7(2)14-15-11(9(6)4-13)17-5-10(12(18)19)8(3)16-17/h5H,1-3H3,(H,18,19). The van der Waals surface area contributed by atoms with Gasteiger partial charge in [0.15, 0.2) is 5.82 Å². The van der Waals surface area contributed by atoms with Crippen molar-refractivity contribution >= 4 is 5.97 Å². The molecule has 2 heterocycles. The Morgan fingerprint density at radius 1 is 1.32 bits per heavy atom. The lowest BCUT2D eigenvalue weighted by Crippen LogP contribution is -2.07. The van der Waals surface area contributed by atoms with E-state index in [1.165, 1.54) is 10.9 Å². The van der Waals surface area contributed by atoms with Crippen LogP contribution in [0.5, 0.6) is 0 Å². The van der Waals surface area contributed by atoms with Gasteiger partial charge in [-0.3, -0.25) is 0 Å². The molecule has 2 aromatic heterocycles. The Morgan fingerprint density at radius 3 is 2.53 bits per heavy atom. The highest BCUT2D eigenvalue weighted by atomic mass is 16.4. The molecule has 0 atom stereocenters. The fourth-order valence-electron chi connectivity index (χ4n) is 1.67.